The highest BCUT2D eigenvalue weighted by molar-refractivity contribution is 6.74. The lowest BCUT2D eigenvalue weighted by atomic mass is 10.2. The second-order valence-electron chi connectivity index (χ2n) is 8.47. The molecule has 0 N–H and O–H groups in total. The first kappa shape index (κ1) is 26.5. The molecule has 0 aliphatic rings. The first-order chi connectivity index (χ1) is 12.4. The van der Waals surface area contributed by atoms with Gasteiger partial charge in [0.2, 0.25) is 0 Å². The highest BCUT2D eigenvalue weighted by Gasteiger charge is 2.16. The van der Waals surface area contributed by atoms with Crippen molar-refractivity contribution in [3.05, 3.63) is 12.2 Å². The van der Waals surface area contributed by atoms with E-state index in [2.05, 4.69) is 45.9 Å². The average Bonchev–Trinajstić information content (AvgIpc) is 2.51. The molecule has 6 nitrogen and oxygen atoms in total. The molecule has 0 unspecified atom stereocenters. The molecule has 0 amide bonds. The van der Waals surface area contributed by atoms with Gasteiger partial charge in [-0.05, 0) is 64.2 Å². The normalized spacial score (nSPS) is 12.8. The molecular weight excluding hydrogens is 413 g/mol. The maximum Gasteiger partial charge on any atom is 0.333 e. The predicted octanol–water partition coefficient (Wildman–Crippen LogP) is 2.51. The van der Waals surface area contributed by atoms with Gasteiger partial charge in [-0.25, -0.2) is 4.79 Å². The number of carbonyl (C=O) groups excluding carboxylic acids is 2. The number of hydrogen-bond donors (Lipinski definition) is 0. The highest BCUT2D eigenvalue weighted by atomic mass is 28.4. The molecule has 0 bridgehead atoms. The van der Waals surface area contributed by atoms with Crippen LogP contribution < -0.4 is 0 Å². The zero-order valence-corrected chi connectivity index (χ0v) is 22.8. The molecule has 0 spiro atoms. The first-order valence-electron chi connectivity index (χ1n) is 9.69. The molecule has 0 aliphatic carbocycles. The second-order valence-corrected chi connectivity index (χ2v) is 21.5. The Morgan fingerprint density at radius 3 is 1.70 bits per heavy atom. The molecule has 0 saturated heterocycles. The minimum Gasteiger partial charge on any atom is -0.465 e. The number of rotatable bonds is 15. The number of hydrogen-bond acceptors (Lipinski definition) is 6. The summed E-state index contributed by atoms with van der Waals surface area (Å²) in [4.78, 5) is 23.6. The van der Waals surface area contributed by atoms with E-state index in [9.17, 15) is 9.59 Å². The standard InChI is InChI=1S/C17H38O6Si4/c1-15(17(19)21-11-9-13-25-23-27(5,6)7)14-16(18)20-10-8-12-24-22-26(2,3)4/h1,8-14,24-25H2,2-7H3. The Balaban J connectivity index is 3.71. The van der Waals surface area contributed by atoms with E-state index in [0.717, 1.165) is 24.9 Å². The van der Waals surface area contributed by atoms with Gasteiger partial charge >= 0.3 is 11.9 Å². The molecule has 0 aromatic rings. The van der Waals surface area contributed by atoms with Crippen molar-refractivity contribution >= 4 is 48.1 Å². The van der Waals surface area contributed by atoms with Crippen LogP contribution in [0.2, 0.25) is 51.4 Å². The lowest BCUT2D eigenvalue weighted by Gasteiger charge is -2.17. The van der Waals surface area contributed by atoms with Crippen LogP contribution in [0, 0.1) is 0 Å². The Morgan fingerprint density at radius 2 is 1.26 bits per heavy atom. The van der Waals surface area contributed by atoms with Crippen molar-refractivity contribution in [3.63, 3.8) is 0 Å². The summed E-state index contributed by atoms with van der Waals surface area (Å²) >= 11 is 0. The Kier molecular flexibility index (Phi) is 13.3. The minimum atomic E-state index is -1.42. The Bertz CT molecular complexity index is 471. The summed E-state index contributed by atoms with van der Waals surface area (Å²) in [5, 5.41) is 0. The zero-order chi connectivity index (χ0) is 20.9. The van der Waals surface area contributed by atoms with E-state index in [1.54, 1.807) is 0 Å². The van der Waals surface area contributed by atoms with Gasteiger partial charge in [0.05, 0.1) is 19.6 Å². The van der Waals surface area contributed by atoms with Crippen LogP contribution >= 0.6 is 0 Å². The van der Waals surface area contributed by atoms with E-state index in [1.807, 2.05) is 0 Å². The Morgan fingerprint density at radius 1 is 0.815 bits per heavy atom. The van der Waals surface area contributed by atoms with Crippen molar-refractivity contribution in [3.8, 4) is 0 Å². The quantitative estimate of drug-likeness (QED) is 0.165. The monoisotopic (exact) mass is 450 g/mol. The largest absolute Gasteiger partial charge is 0.465 e. The maximum atomic E-state index is 11.8. The van der Waals surface area contributed by atoms with Gasteiger partial charge in [-0.3, -0.25) is 4.79 Å². The van der Waals surface area contributed by atoms with Gasteiger partial charge in [0.25, 0.3) is 0 Å². The summed E-state index contributed by atoms with van der Waals surface area (Å²) < 4.78 is 22.0. The van der Waals surface area contributed by atoms with Gasteiger partial charge < -0.3 is 17.7 Å². The molecule has 0 radical (unpaired) electrons. The third-order valence-electron chi connectivity index (χ3n) is 3.29. The summed E-state index contributed by atoms with van der Waals surface area (Å²) in [5.41, 5.74) is 0.145. The molecule has 158 valence electrons. The minimum absolute atomic E-state index is 0.116. The number of esters is 2. The molecule has 0 fully saturated rings. The fourth-order valence-electron chi connectivity index (χ4n) is 1.92. The van der Waals surface area contributed by atoms with Crippen molar-refractivity contribution in [2.75, 3.05) is 13.2 Å². The third-order valence-corrected chi connectivity index (χ3v) is 13.4. The van der Waals surface area contributed by atoms with E-state index >= 15 is 0 Å². The summed E-state index contributed by atoms with van der Waals surface area (Å²) in [6, 6.07) is 1.97. The molecule has 0 atom stereocenters. The van der Waals surface area contributed by atoms with E-state index < -0.39 is 48.1 Å². The van der Waals surface area contributed by atoms with Crippen LogP contribution in [0.1, 0.15) is 19.3 Å². The predicted molar refractivity (Wildman–Crippen MR) is 120 cm³/mol. The number of carbonyl (C=O) groups is 2. The topological polar surface area (TPSA) is 71.1 Å². The van der Waals surface area contributed by atoms with Gasteiger partial charge in [0.1, 0.15) is 19.5 Å². The highest BCUT2D eigenvalue weighted by Crippen LogP contribution is 2.07. The summed E-state index contributed by atoms with van der Waals surface area (Å²) in [7, 11) is -3.88. The Labute approximate surface area is 171 Å². The van der Waals surface area contributed by atoms with Crippen molar-refractivity contribution in [2.45, 2.75) is 70.6 Å². The summed E-state index contributed by atoms with van der Waals surface area (Å²) in [6.07, 6.45) is 1.49. The van der Waals surface area contributed by atoms with Crippen LogP contribution in [-0.4, -0.2) is 61.3 Å². The maximum absolute atomic E-state index is 11.8. The number of ether oxygens (including phenoxy) is 2. The van der Waals surface area contributed by atoms with E-state index in [-0.39, 0.29) is 12.0 Å². The molecule has 0 aliphatic heterocycles. The van der Waals surface area contributed by atoms with E-state index in [0.29, 0.717) is 13.2 Å². The molecule has 0 heterocycles. The van der Waals surface area contributed by atoms with E-state index in [4.69, 9.17) is 17.7 Å². The van der Waals surface area contributed by atoms with Gasteiger partial charge in [-0.2, -0.15) is 0 Å². The summed E-state index contributed by atoms with van der Waals surface area (Å²) in [6.45, 7) is 17.4. The van der Waals surface area contributed by atoms with Gasteiger partial charge in [0, 0.05) is 5.57 Å². The summed E-state index contributed by atoms with van der Waals surface area (Å²) in [5.74, 6) is -0.948. The van der Waals surface area contributed by atoms with Crippen LogP contribution in [-0.2, 0) is 27.3 Å². The van der Waals surface area contributed by atoms with Gasteiger partial charge in [-0.15, -0.1) is 0 Å². The van der Waals surface area contributed by atoms with Crippen molar-refractivity contribution in [1.82, 2.24) is 0 Å². The zero-order valence-electron chi connectivity index (χ0n) is 18.0. The molecular formula is C17H38O6Si4. The van der Waals surface area contributed by atoms with Crippen LogP contribution in [0.4, 0.5) is 0 Å². The fraction of sp³-hybridized carbons (Fsp3) is 0.765. The molecule has 0 saturated carbocycles. The fourth-order valence-corrected chi connectivity index (χ4v) is 8.79. The lowest BCUT2D eigenvalue weighted by Crippen LogP contribution is -2.27. The third kappa shape index (κ3) is 18.6. The van der Waals surface area contributed by atoms with Crippen LogP contribution in [0.25, 0.3) is 0 Å². The van der Waals surface area contributed by atoms with Gasteiger partial charge in [-0.1, -0.05) is 6.58 Å². The Hall–Kier alpha value is -0.532. The van der Waals surface area contributed by atoms with Crippen LogP contribution in [0.5, 0.6) is 0 Å². The molecule has 27 heavy (non-hydrogen) atoms. The molecule has 10 heteroatoms. The molecule has 0 rings (SSSR count). The smallest absolute Gasteiger partial charge is 0.333 e. The van der Waals surface area contributed by atoms with Crippen molar-refractivity contribution in [2.24, 2.45) is 0 Å². The average molecular weight is 451 g/mol. The lowest BCUT2D eigenvalue weighted by molar-refractivity contribution is -0.146. The van der Waals surface area contributed by atoms with Crippen LogP contribution in [0.15, 0.2) is 12.2 Å². The van der Waals surface area contributed by atoms with Crippen molar-refractivity contribution in [1.29, 1.82) is 0 Å². The SMILES string of the molecule is C=C(CC(=O)OCCC[SiH2]O[Si](C)(C)C)C(=O)OCCC[SiH2]O[Si](C)(C)C. The second kappa shape index (κ2) is 13.6. The first-order valence-corrected chi connectivity index (χ1v) is 19.7. The molecule has 0 aromatic heterocycles. The molecule has 0 aromatic carbocycles. The van der Waals surface area contributed by atoms with Crippen LogP contribution in [0.3, 0.4) is 0 Å². The van der Waals surface area contributed by atoms with Gasteiger partial charge in [0.15, 0.2) is 16.6 Å². The van der Waals surface area contributed by atoms with Crippen molar-refractivity contribution < 1.29 is 27.3 Å². The van der Waals surface area contributed by atoms with E-state index in [1.165, 1.54) is 0 Å².